The Labute approximate surface area is 130 Å². The van der Waals surface area contributed by atoms with Crippen LogP contribution >= 0.6 is 23.2 Å². The number of aromatic nitrogens is 1. The van der Waals surface area contributed by atoms with E-state index >= 15 is 0 Å². The molecule has 2 rings (SSSR count). The highest BCUT2D eigenvalue weighted by Gasteiger charge is 2.10. The molecule has 0 aliphatic carbocycles. The summed E-state index contributed by atoms with van der Waals surface area (Å²) in [5.74, 6) is -0.309. The molecule has 0 spiro atoms. The first-order chi connectivity index (χ1) is 9.97. The Morgan fingerprint density at radius 1 is 1.33 bits per heavy atom. The van der Waals surface area contributed by atoms with E-state index in [-0.39, 0.29) is 17.8 Å². The monoisotopic (exact) mass is 326 g/mol. The topological polar surface area (TPSA) is 71.2 Å². The minimum Gasteiger partial charge on any atom is -0.478 e. The summed E-state index contributed by atoms with van der Waals surface area (Å²) in [6.45, 7) is 1.39. The van der Waals surface area contributed by atoms with E-state index in [1.807, 2.05) is 0 Å². The van der Waals surface area contributed by atoms with E-state index in [1.165, 1.54) is 18.3 Å². The van der Waals surface area contributed by atoms with Crippen molar-refractivity contribution in [2.75, 3.05) is 11.9 Å². The van der Waals surface area contributed by atoms with Crippen LogP contribution in [0.1, 0.15) is 5.69 Å². The van der Waals surface area contributed by atoms with Gasteiger partial charge in [-0.15, -0.1) is 0 Å². The van der Waals surface area contributed by atoms with Crippen LogP contribution in [0.3, 0.4) is 0 Å². The summed E-state index contributed by atoms with van der Waals surface area (Å²) in [5.41, 5.74) is 0.691. The zero-order valence-corrected chi connectivity index (χ0v) is 12.6. The molecule has 21 heavy (non-hydrogen) atoms. The molecule has 0 bridgehead atoms. The van der Waals surface area contributed by atoms with Crippen molar-refractivity contribution < 1.29 is 9.53 Å². The van der Waals surface area contributed by atoms with Crippen molar-refractivity contribution in [3.63, 3.8) is 0 Å². The zero-order chi connectivity index (χ0) is 15.4. The van der Waals surface area contributed by atoms with E-state index in [2.05, 4.69) is 10.3 Å². The number of aryl methyl sites for hydroxylation is 1. The molecule has 0 aliphatic rings. The lowest BCUT2D eigenvalue weighted by molar-refractivity contribution is -0.118. The minimum atomic E-state index is -0.429. The highest BCUT2D eigenvalue weighted by atomic mass is 35.5. The standard InChI is InChI=1S/C14H12Cl2N2O3/c1-8-14(12(19)4-5-17-8)21-7-13(20)18-11-3-2-9(15)6-10(11)16/h2-6H,7H2,1H3,(H,17,19)(H,18,20). The van der Waals surface area contributed by atoms with Crippen molar-refractivity contribution in [3.8, 4) is 5.75 Å². The van der Waals surface area contributed by atoms with E-state index in [4.69, 9.17) is 27.9 Å². The third-order valence-electron chi connectivity index (χ3n) is 2.65. The van der Waals surface area contributed by atoms with Crippen molar-refractivity contribution in [2.45, 2.75) is 6.92 Å². The lowest BCUT2D eigenvalue weighted by Crippen LogP contribution is -2.22. The number of pyridine rings is 1. The third-order valence-corrected chi connectivity index (χ3v) is 3.20. The number of hydrogen-bond donors (Lipinski definition) is 2. The van der Waals surface area contributed by atoms with Crippen LogP contribution in [-0.4, -0.2) is 17.5 Å². The van der Waals surface area contributed by atoms with Crippen LogP contribution in [0.15, 0.2) is 35.3 Å². The van der Waals surface area contributed by atoms with Gasteiger partial charge < -0.3 is 15.0 Å². The number of H-pyrrole nitrogens is 1. The van der Waals surface area contributed by atoms with E-state index in [1.54, 1.807) is 19.1 Å². The fraction of sp³-hybridized carbons (Fsp3) is 0.143. The van der Waals surface area contributed by atoms with E-state index in [9.17, 15) is 9.59 Å². The number of halogens is 2. The summed E-state index contributed by atoms with van der Waals surface area (Å²) in [7, 11) is 0. The Kier molecular flexibility index (Phi) is 4.88. The number of carbonyl (C=O) groups excluding carboxylic acids is 1. The fourth-order valence-electron chi connectivity index (χ4n) is 1.66. The maximum Gasteiger partial charge on any atom is 0.262 e. The number of amides is 1. The SMILES string of the molecule is Cc1[nH]ccc(=O)c1OCC(=O)Nc1ccc(Cl)cc1Cl. The van der Waals surface area contributed by atoms with Crippen molar-refractivity contribution >= 4 is 34.8 Å². The normalized spacial score (nSPS) is 10.2. The molecule has 0 saturated heterocycles. The Balaban J connectivity index is 2.01. The van der Waals surface area contributed by atoms with Gasteiger partial charge in [-0.05, 0) is 25.1 Å². The van der Waals surface area contributed by atoms with Gasteiger partial charge in [0.1, 0.15) is 0 Å². The van der Waals surface area contributed by atoms with Gasteiger partial charge in [-0.2, -0.15) is 0 Å². The predicted octanol–water partition coefficient (Wildman–Crippen LogP) is 3.01. The molecule has 1 aromatic carbocycles. The quantitative estimate of drug-likeness (QED) is 0.907. The van der Waals surface area contributed by atoms with Crippen molar-refractivity contribution in [2.24, 2.45) is 0 Å². The minimum absolute atomic E-state index is 0.120. The second kappa shape index (κ2) is 6.65. The first-order valence-corrected chi connectivity index (χ1v) is 6.79. The van der Waals surface area contributed by atoms with Gasteiger partial charge in [0.25, 0.3) is 5.91 Å². The van der Waals surface area contributed by atoms with Crippen LogP contribution in [0, 0.1) is 6.92 Å². The van der Waals surface area contributed by atoms with Crippen molar-refractivity contribution in [1.82, 2.24) is 4.98 Å². The lowest BCUT2D eigenvalue weighted by atomic mass is 10.3. The number of carbonyl (C=O) groups is 1. The summed E-state index contributed by atoms with van der Waals surface area (Å²) in [5, 5.41) is 3.38. The Morgan fingerprint density at radius 3 is 2.76 bits per heavy atom. The van der Waals surface area contributed by atoms with Gasteiger partial charge in [0.05, 0.1) is 16.4 Å². The van der Waals surface area contributed by atoms with Gasteiger partial charge >= 0.3 is 0 Å². The van der Waals surface area contributed by atoms with Crippen LogP contribution < -0.4 is 15.5 Å². The molecule has 0 saturated carbocycles. The molecule has 110 valence electrons. The largest absolute Gasteiger partial charge is 0.478 e. The molecular weight excluding hydrogens is 315 g/mol. The van der Waals surface area contributed by atoms with Gasteiger partial charge in [0.2, 0.25) is 5.43 Å². The average molecular weight is 327 g/mol. The van der Waals surface area contributed by atoms with E-state index in [0.29, 0.717) is 21.4 Å². The number of ether oxygens (including phenoxy) is 1. The molecule has 0 aliphatic heterocycles. The molecule has 7 heteroatoms. The number of hydrogen-bond acceptors (Lipinski definition) is 3. The lowest BCUT2D eigenvalue weighted by Gasteiger charge is -2.09. The summed E-state index contributed by atoms with van der Waals surface area (Å²) in [6.07, 6.45) is 1.51. The Hall–Kier alpha value is -1.98. The summed E-state index contributed by atoms with van der Waals surface area (Å²) < 4.78 is 5.24. The molecule has 1 aromatic heterocycles. The van der Waals surface area contributed by atoms with Crippen LogP contribution in [0.2, 0.25) is 10.0 Å². The first-order valence-electron chi connectivity index (χ1n) is 6.03. The molecular formula is C14H12Cl2N2O3. The zero-order valence-electron chi connectivity index (χ0n) is 11.1. The molecule has 2 N–H and O–H groups in total. The number of benzene rings is 1. The van der Waals surface area contributed by atoms with Crippen molar-refractivity contribution in [3.05, 3.63) is 56.4 Å². The maximum atomic E-state index is 11.8. The average Bonchev–Trinajstić information content (AvgIpc) is 2.41. The third kappa shape index (κ3) is 4.00. The van der Waals surface area contributed by atoms with Gasteiger partial charge in [0.15, 0.2) is 12.4 Å². The summed E-state index contributed by atoms with van der Waals surface area (Å²) >= 11 is 11.7. The highest BCUT2D eigenvalue weighted by Crippen LogP contribution is 2.25. The van der Waals surface area contributed by atoms with Gasteiger partial charge in [-0.25, -0.2) is 0 Å². The Morgan fingerprint density at radius 2 is 2.10 bits per heavy atom. The molecule has 0 atom stereocenters. The van der Waals surface area contributed by atoms with Crippen LogP contribution in [0.4, 0.5) is 5.69 Å². The molecule has 1 amide bonds. The molecule has 5 nitrogen and oxygen atoms in total. The summed E-state index contributed by atoms with van der Waals surface area (Å²) in [6, 6.07) is 6.04. The second-order valence-electron chi connectivity index (χ2n) is 4.26. The maximum absolute atomic E-state index is 11.8. The summed E-state index contributed by atoms with van der Waals surface area (Å²) in [4.78, 5) is 26.2. The van der Waals surface area contributed by atoms with Crippen LogP contribution in [0.5, 0.6) is 5.75 Å². The van der Waals surface area contributed by atoms with Crippen LogP contribution in [0.25, 0.3) is 0 Å². The second-order valence-corrected chi connectivity index (χ2v) is 5.10. The van der Waals surface area contributed by atoms with E-state index < -0.39 is 5.91 Å². The molecule has 1 heterocycles. The fourth-order valence-corrected chi connectivity index (χ4v) is 2.12. The number of rotatable bonds is 4. The van der Waals surface area contributed by atoms with Gasteiger partial charge in [0, 0.05) is 17.3 Å². The number of nitrogens with one attached hydrogen (secondary N) is 2. The van der Waals surface area contributed by atoms with Gasteiger partial charge in [-0.1, -0.05) is 23.2 Å². The predicted molar refractivity (Wildman–Crippen MR) is 82.4 cm³/mol. The number of aromatic amines is 1. The van der Waals surface area contributed by atoms with E-state index in [0.717, 1.165) is 0 Å². The molecule has 0 fully saturated rings. The van der Waals surface area contributed by atoms with Crippen molar-refractivity contribution in [1.29, 1.82) is 0 Å². The molecule has 0 unspecified atom stereocenters. The smallest absolute Gasteiger partial charge is 0.262 e. The number of anilines is 1. The highest BCUT2D eigenvalue weighted by molar-refractivity contribution is 6.36. The molecule has 2 aromatic rings. The van der Waals surface area contributed by atoms with Crippen LogP contribution in [-0.2, 0) is 4.79 Å². The van der Waals surface area contributed by atoms with Gasteiger partial charge in [-0.3, -0.25) is 9.59 Å². The first kappa shape index (κ1) is 15.4. The Bertz CT molecular complexity index is 728. The molecule has 0 radical (unpaired) electrons.